The molecule has 21 heavy (non-hydrogen) atoms. The van der Waals surface area contributed by atoms with E-state index in [-0.39, 0.29) is 0 Å². The fourth-order valence-corrected chi connectivity index (χ4v) is 3.86. The lowest BCUT2D eigenvalue weighted by Crippen LogP contribution is -2.35. The van der Waals surface area contributed by atoms with E-state index in [1.807, 2.05) is 11.8 Å². The molecule has 5 heteroatoms. The van der Waals surface area contributed by atoms with E-state index in [1.165, 1.54) is 25.7 Å². The normalized spacial score (nSPS) is 22.1. The second-order valence-corrected chi connectivity index (χ2v) is 6.73. The Kier molecular flexibility index (Phi) is 6.15. The summed E-state index contributed by atoms with van der Waals surface area (Å²) < 4.78 is 0. The summed E-state index contributed by atoms with van der Waals surface area (Å²) in [6, 6.07) is 0.529. The smallest absolute Gasteiger partial charge is 0.135 e. The van der Waals surface area contributed by atoms with Gasteiger partial charge < -0.3 is 10.6 Å². The maximum absolute atomic E-state index is 4.73. The number of nitrogens with zero attached hydrogens (tertiary/aromatic N) is 2. The van der Waals surface area contributed by atoms with Crippen molar-refractivity contribution in [1.29, 1.82) is 0 Å². The Labute approximate surface area is 132 Å². The molecule has 2 unspecified atom stereocenters. The lowest BCUT2D eigenvalue weighted by Gasteiger charge is -2.32. The molecule has 2 rings (SSSR count). The van der Waals surface area contributed by atoms with E-state index < -0.39 is 0 Å². The van der Waals surface area contributed by atoms with Crippen LogP contribution in [0.1, 0.15) is 50.9 Å². The standard InChI is InChI=1S/C16H28N4S/c1-5-14-19-15(17-6-2)11(3)16(20-14)18-12-9-7-8-10-13(12)21-4/h12-13H,5-10H2,1-4H3,(H2,17,18,19,20). The van der Waals surface area contributed by atoms with Crippen molar-refractivity contribution >= 4 is 23.4 Å². The van der Waals surface area contributed by atoms with Crippen molar-refractivity contribution in [3.05, 3.63) is 11.4 Å². The SMILES string of the molecule is CCNc1nc(CC)nc(NC2CCCCC2SC)c1C. The maximum Gasteiger partial charge on any atom is 0.135 e. The van der Waals surface area contributed by atoms with Crippen LogP contribution in [0.3, 0.4) is 0 Å². The predicted octanol–water partition coefficient (Wildman–Crippen LogP) is 3.87. The van der Waals surface area contributed by atoms with Crippen LogP contribution in [0, 0.1) is 6.92 Å². The lowest BCUT2D eigenvalue weighted by molar-refractivity contribution is 0.474. The monoisotopic (exact) mass is 308 g/mol. The number of aromatic nitrogens is 2. The van der Waals surface area contributed by atoms with Crippen molar-refractivity contribution in [2.24, 2.45) is 0 Å². The summed E-state index contributed by atoms with van der Waals surface area (Å²) in [6.07, 6.45) is 8.31. The van der Waals surface area contributed by atoms with Crippen LogP contribution in [0.5, 0.6) is 0 Å². The van der Waals surface area contributed by atoms with E-state index in [0.29, 0.717) is 11.3 Å². The van der Waals surface area contributed by atoms with Crippen molar-refractivity contribution in [2.45, 2.75) is 64.2 Å². The van der Waals surface area contributed by atoms with Gasteiger partial charge in [-0.2, -0.15) is 11.8 Å². The summed E-state index contributed by atoms with van der Waals surface area (Å²) in [6.45, 7) is 7.20. The largest absolute Gasteiger partial charge is 0.370 e. The van der Waals surface area contributed by atoms with Crippen molar-refractivity contribution in [3.8, 4) is 0 Å². The molecule has 0 aliphatic heterocycles. The molecule has 1 saturated carbocycles. The second kappa shape index (κ2) is 7.87. The zero-order chi connectivity index (χ0) is 15.2. The van der Waals surface area contributed by atoms with Crippen molar-refractivity contribution in [2.75, 3.05) is 23.4 Å². The van der Waals surface area contributed by atoms with Crippen LogP contribution in [0.2, 0.25) is 0 Å². The average Bonchev–Trinajstić information content (AvgIpc) is 2.51. The number of aryl methyl sites for hydroxylation is 1. The van der Waals surface area contributed by atoms with Crippen molar-refractivity contribution < 1.29 is 0 Å². The summed E-state index contributed by atoms with van der Waals surface area (Å²) in [5.74, 6) is 2.91. The first-order chi connectivity index (χ1) is 10.2. The molecule has 1 aliphatic rings. The number of rotatable bonds is 6. The Morgan fingerprint density at radius 1 is 1.14 bits per heavy atom. The van der Waals surface area contributed by atoms with Gasteiger partial charge in [-0.25, -0.2) is 9.97 Å². The van der Waals surface area contributed by atoms with Crippen molar-refractivity contribution in [1.82, 2.24) is 9.97 Å². The Morgan fingerprint density at radius 2 is 1.86 bits per heavy atom. The van der Waals surface area contributed by atoms with E-state index in [0.717, 1.165) is 36.0 Å². The van der Waals surface area contributed by atoms with Gasteiger partial charge in [0.05, 0.1) is 0 Å². The summed E-state index contributed by atoms with van der Waals surface area (Å²) in [7, 11) is 0. The molecule has 118 valence electrons. The van der Waals surface area contributed by atoms with E-state index in [9.17, 15) is 0 Å². The van der Waals surface area contributed by atoms with E-state index in [1.54, 1.807) is 0 Å². The van der Waals surface area contributed by atoms with E-state index in [4.69, 9.17) is 4.98 Å². The fraction of sp³-hybridized carbons (Fsp3) is 0.750. The molecule has 1 aliphatic carbocycles. The van der Waals surface area contributed by atoms with Gasteiger partial charge in [0.15, 0.2) is 0 Å². The zero-order valence-electron chi connectivity index (χ0n) is 13.7. The highest BCUT2D eigenvalue weighted by atomic mass is 32.2. The van der Waals surface area contributed by atoms with Gasteiger partial charge in [-0.1, -0.05) is 19.8 Å². The molecule has 4 nitrogen and oxygen atoms in total. The van der Waals surface area contributed by atoms with Crippen LogP contribution < -0.4 is 10.6 Å². The molecule has 2 atom stereocenters. The van der Waals surface area contributed by atoms with Gasteiger partial charge in [0, 0.05) is 29.8 Å². The molecule has 1 aromatic rings. The minimum Gasteiger partial charge on any atom is -0.370 e. The second-order valence-electron chi connectivity index (χ2n) is 5.66. The van der Waals surface area contributed by atoms with Gasteiger partial charge in [-0.15, -0.1) is 0 Å². The number of nitrogens with one attached hydrogen (secondary N) is 2. The zero-order valence-corrected chi connectivity index (χ0v) is 14.5. The molecule has 1 fully saturated rings. The molecule has 1 aromatic heterocycles. The Hall–Kier alpha value is -0.970. The van der Waals surface area contributed by atoms with Crippen LogP contribution in [0.15, 0.2) is 0 Å². The first-order valence-corrected chi connectivity index (χ1v) is 9.39. The molecular weight excluding hydrogens is 280 g/mol. The molecule has 0 saturated heterocycles. The summed E-state index contributed by atoms with van der Waals surface area (Å²) in [5.41, 5.74) is 1.14. The molecule has 2 N–H and O–H groups in total. The first-order valence-electron chi connectivity index (χ1n) is 8.10. The summed E-state index contributed by atoms with van der Waals surface area (Å²) in [4.78, 5) is 9.33. The highest BCUT2D eigenvalue weighted by Crippen LogP contribution is 2.30. The molecule has 0 bridgehead atoms. The van der Waals surface area contributed by atoms with Gasteiger partial charge in [0.25, 0.3) is 0 Å². The minimum atomic E-state index is 0.529. The molecule has 1 heterocycles. The topological polar surface area (TPSA) is 49.8 Å². The highest BCUT2D eigenvalue weighted by molar-refractivity contribution is 7.99. The fourth-order valence-electron chi connectivity index (χ4n) is 2.92. The minimum absolute atomic E-state index is 0.529. The number of hydrogen-bond acceptors (Lipinski definition) is 5. The molecule has 0 amide bonds. The van der Waals surface area contributed by atoms with Gasteiger partial charge >= 0.3 is 0 Å². The Bertz CT molecular complexity index is 464. The van der Waals surface area contributed by atoms with Crippen LogP contribution in [-0.4, -0.2) is 34.1 Å². The lowest BCUT2D eigenvalue weighted by atomic mass is 9.94. The van der Waals surface area contributed by atoms with Gasteiger partial charge in [-0.3, -0.25) is 0 Å². The molecular formula is C16H28N4S. The van der Waals surface area contributed by atoms with E-state index in [2.05, 4.69) is 42.6 Å². The van der Waals surface area contributed by atoms with Crippen LogP contribution in [0.25, 0.3) is 0 Å². The molecule has 0 radical (unpaired) electrons. The van der Waals surface area contributed by atoms with Crippen LogP contribution >= 0.6 is 11.8 Å². The third-order valence-corrected chi connectivity index (χ3v) is 5.35. The van der Waals surface area contributed by atoms with Crippen molar-refractivity contribution in [3.63, 3.8) is 0 Å². The first kappa shape index (κ1) is 16.4. The third-order valence-electron chi connectivity index (χ3n) is 4.18. The van der Waals surface area contributed by atoms with Crippen LogP contribution in [0.4, 0.5) is 11.6 Å². The average molecular weight is 308 g/mol. The summed E-state index contributed by atoms with van der Waals surface area (Å²) >= 11 is 1.98. The van der Waals surface area contributed by atoms with Gasteiger partial charge in [0.2, 0.25) is 0 Å². The van der Waals surface area contributed by atoms with E-state index >= 15 is 0 Å². The predicted molar refractivity (Wildman–Crippen MR) is 93.5 cm³/mol. The number of anilines is 2. The molecule has 0 aromatic carbocycles. The van der Waals surface area contributed by atoms with Gasteiger partial charge in [-0.05, 0) is 32.9 Å². The Balaban J connectivity index is 2.23. The summed E-state index contributed by atoms with van der Waals surface area (Å²) in [5, 5.41) is 7.76. The highest BCUT2D eigenvalue weighted by Gasteiger charge is 2.25. The molecule has 0 spiro atoms. The maximum atomic E-state index is 4.73. The number of thioether (sulfide) groups is 1. The number of hydrogen-bond donors (Lipinski definition) is 2. The quantitative estimate of drug-likeness (QED) is 0.835. The third kappa shape index (κ3) is 4.02. The van der Waals surface area contributed by atoms with Gasteiger partial charge in [0.1, 0.15) is 17.5 Å². The Morgan fingerprint density at radius 3 is 2.52 bits per heavy atom. The van der Waals surface area contributed by atoms with Crippen LogP contribution in [-0.2, 0) is 6.42 Å².